The first-order valence-electron chi connectivity index (χ1n) is 12.6. The molecule has 5 heterocycles. The molecule has 1 fully saturated rings. The first-order valence-corrected chi connectivity index (χ1v) is 12.6. The molecule has 5 aromatic rings. The van der Waals surface area contributed by atoms with Crippen molar-refractivity contribution < 1.29 is 14.5 Å². The number of nitro benzene ring substituents is 1. The lowest BCUT2D eigenvalue weighted by atomic mass is 10.1. The molecule has 14 nitrogen and oxygen atoms in total. The summed E-state index contributed by atoms with van der Waals surface area (Å²) in [5, 5.41) is 29.0. The number of anilines is 1. The number of piperazine rings is 1. The molecule has 0 aliphatic carbocycles. The molecule has 1 saturated heterocycles. The molecule has 1 aliphatic heterocycles. The standard InChI is InChI=1S/C27H22N10O4/c1-33-16-20(15-30-33)23-17-36-26(19(12-28)14-31-36)25(32-23)18-2-7-24(29-13-18)34-8-10-35(11-9-34)27(38)41-22-5-3-21(4-6-22)37(39)40/h2-7,13-17H,8-11H2,1H3. The Labute approximate surface area is 232 Å². The normalized spacial score (nSPS) is 13.3. The fourth-order valence-corrected chi connectivity index (χ4v) is 4.62. The van der Waals surface area contributed by atoms with Crippen molar-refractivity contribution in [2.24, 2.45) is 7.05 Å². The Hall–Kier alpha value is -5.84. The maximum Gasteiger partial charge on any atom is 0.415 e. The SMILES string of the molecule is Cn1cc(-c2cn3ncc(C#N)c3c(-c3ccc(N4CCN(C(=O)Oc5ccc([N+](=O)[O-])cc5)CC4)nc3)n2)cn1. The molecule has 6 rings (SSSR count). The van der Waals surface area contributed by atoms with Gasteiger partial charge in [-0.1, -0.05) is 0 Å². The van der Waals surface area contributed by atoms with Crippen molar-refractivity contribution in [3.63, 3.8) is 0 Å². The lowest BCUT2D eigenvalue weighted by Crippen LogP contribution is -2.49. The van der Waals surface area contributed by atoms with E-state index in [-0.39, 0.29) is 11.4 Å². The van der Waals surface area contributed by atoms with Gasteiger partial charge in [-0.3, -0.25) is 14.8 Å². The number of rotatable bonds is 5. The lowest BCUT2D eigenvalue weighted by molar-refractivity contribution is -0.384. The van der Waals surface area contributed by atoms with E-state index >= 15 is 0 Å². The molecule has 41 heavy (non-hydrogen) atoms. The number of aromatic nitrogens is 6. The second-order valence-corrected chi connectivity index (χ2v) is 9.34. The molecule has 0 bridgehead atoms. The number of non-ortho nitro benzene ring substituents is 1. The number of nitriles is 1. The lowest BCUT2D eigenvalue weighted by Gasteiger charge is -2.34. The van der Waals surface area contributed by atoms with Gasteiger partial charge in [0.05, 0.1) is 34.9 Å². The highest BCUT2D eigenvalue weighted by molar-refractivity contribution is 5.83. The fourth-order valence-electron chi connectivity index (χ4n) is 4.62. The number of ether oxygens (including phenoxy) is 1. The number of hydrogen-bond donors (Lipinski definition) is 0. The number of aryl methyl sites for hydroxylation is 1. The molecule has 1 aliphatic rings. The molecule has 1 amide bonds. The number of benzene rings is 1. The van der Waals surface area contributed by atoms with Crippen LogP contribution in [-0.2, 0) is 7.05 Å². The summed E-state index contributed by atoms with van der Waals surface area (Å²) in [6, 6.07) is 11.4. The van der Waals surface area contributed by atoms with Crippen LogP contribution in [-0.4, -0.2) is 71.5 Å². The Morgan fingerprint density at radius 2 is 1.78 bits per heavy atom. The van der Waals surface area contributed by atoms with Gasteiger partial charge in [-0.25, -0.2) is 19.3 Å². The maximum atomic E-state index is 12.6. The zero-order valence-electron chi connectivity index (χ0n) is 21.8. The van der Waals surface area contributed by atoms with Gasteiger partial charge in [-0.2, -0.15) is 15.5 Å². The first-order chi connectivity index (χ1) is 19.9. The second kappa shape index (κ2) is 10.4. The second-order valence-electron chi connectivity index (χ2n) is 9.34. The summed E-state index contributed by atoms with van der Waals surface area (Å²) < 4.78 is 8.71. The largest absolute Gasteiger partial charge is 0.415 e. The summed E-state index contributed by atoms with van der Waals surface area (Å²) in [7, 11) is 1.83. The van der Waals surface area contributed by atoms with Crippen LogP contribution in [0.15, 0.2) is 67.4 Å². The fraction of sp³-hybridized carbons (Fsp3) is 0.185. The summed E-state index contributed by atoms with van der Waals surface area (Å²) in [5.41, 5.74) is 3.72. The maximum absolute atomic E-state index is 12.6. The zero-order chi connectivity index (χ0) is 28.5. The Morgan fingerprint density at radius 1 is 1.00 bits per heavy atom. The van der Waals surface area contributed by atoms with Gasteiger partial charge in [0, 0.05) is 68.9 Å². The third-order valence-corrected chi connectivity index (χ3v) is 6.75. The Bertz CT molecular complexity index is 1800. The molecular weight excluding hydrogens is 528 g/mol. The molecule has 0 N–H and O–H groups in total. The molecule has 0 atom stereocenters. The van der Waals surface area contributed by atoms with E-state index in [4.69, 9.17) is 9.72 Å². The van der Waals surface area contributed by atoms with Gasteiger partial charge < -0.3 is 14.5 Å². The predicted octanol–water partition coefficient (Wildman–Crippen LogP) is 3.29. The van der Waals surface area contributed by atoms with E-state index in [1.807, 2.05) is 25.4 Å². The van der Waals surface area contributed by atoms with E-state index in [0.717, 1.165) is 16.9 Å². The van der Waals surface area contributed by atoms with Crippen LogP contribution in [0.2, 0.25) is 0 Å². The minimum absolute atomic E-state index is 0.0750. The Balaban J connectivity index is 1.17. The van der Waals surface area contributed by atoms with Crippen LogP contribution in [0.1, 0.15) is 5.56 Å². The third-order valence-electron chi connectivity index (χ3n) is 6.75. The van der Waals surface area contributed by atoms with Crippen molar-refractivity contribution in [2.45, 2.75) is 0 Å². The van der Waals surface area contributed by atoms with Crippen molar-refractivity contribution in [3.05, 3.63) is 83.1 Å². The molecule has 4 aromatic heterocycles. The first kappa shape index (κ1) is 25.4. The van der Waals surface area contributed by atoms with Gasteiger partial charge >= 0.3 is 6.09 Å². The number of nitrogens with zero attached hydrogens (tertiary/aromatic N) is 10. The number of pyridine rings is 1. The highest BCUT2D eigenvalue weighted by atomic mass is 16.6. The Morgan fingerprint density at radius 3 is 2.41 bits per heavy atom. The minimum atomic E-state index is -0.514. The van der Waals surface area contributed by atoms with E-state index in [1.165, 1.54) is 30.5 Å². The highest BCUT2D eigenvalue weighted by Crippen LogP contribution is 2.29. The van der Waals surface area contributed by atoms with Gasteiger partial charge in [0.2, 0.25) is 0 Å². The van der Waals surface area contributed by atoms with E-state index < -0.39 is 11.0 Å². The number of carbonyl (C=O) groups excluding carboxylic acids is 1. The molecule has 0 unspecified atom stereocenters. The van der Waals surface area contributed by atoms with Crippen molar-refractivity contribution in [1.29, 1.82) is 5.26 Å². The van der Waals surface area contributed by atoms with Crippen LogP contribution in [0.5, 0.6) is 5.75 Å². The van der Waals surface area contributed by atoms with Gasteiger partial charge in [0.15, 0.2) is 0 Å². The molecular formula is C27H22N10O4. The summed E-state index contributed by atoms with van der Waals surface area (Å²) in [6.07, 6.45) is 8.06. The van der Waals surface area contributed by atoms with Gasteiger partial charge in [0.1, 0.15) is 28.7 Å². The van der Waals surface area contributed by atoms with Crippen molar-refractivity contribution in [3.8, 4) is 34.3 Å². The van der Waals surface area contributed by atoms with Gasteiger partial charge in [-0.15, -0.1) is 0 Å². The summed E-state index contributed by atoms with van der Waals surface area (Å²) in [5.74, 6) is 0.985. The number of nitro groups is 1. The van der Waals surface area contributed by atoms with Crippen LogP contribution in [0, 0.1) is 21.4 Å². The highest BCUT2D eigenvalue weighted by Gasteiger charge is 2.24. The monoisotopic (exact) mass is 550 g/mol. The molecule has 0 saturated carbocycles. The molecule has 0 radical (unpaired) electrons. The van der Waals surface area contributed by atoms with E-state index in [9.17, 15) is 20.2 Å². The minimum Gasteiger partial charge on any atom is -0.410 e. The topological polar surface area (TPSA) is 161 Å². The third kappa shape index (κ3) is 4.99. The number of amides is 1. The molecule has 14 heteroatoms. The van der Waals surface area contributed by atoms with Crippen LogP contribution in [0.25, 0.3) is 28.0 Å². The van der Waals surface area contributed by atoms with Crippen molar-refractivity contribution in [1.82, 2.24) is 34.3 Å². The summed E-state index contributed by atoms with van der Waals surface area (Å²) in [4.78, 5) is 36.0. The number of carbonyl (C=O) groups is 1. The summed E-state index contributed by atoms with van der Waals surface area (Å²) in [6.45, 7) is 1.93. The van der Waals surface area contributed by atoms with Gasteiger partial charge in [0.25, 0.3) is 5.69 Å². The number of fused-ring (bicyclic) bond motifs is 1. The summed E-state index contributed by atoms with van der Waals surface area (Å²) >= 11 is 0. The van der Waals surface area contributed by atoms with E-state index in [2.05, 4.69) is 26.2 Å². The smallest absolute Gasteiger partial charge is 0.410 e. The quantitative estimate of drug-likeness (QED) is 0.235. The predicted molar refractivity (Wildman–Crippen MR) is 146 cm³/mol. The van der Waals surface area contributed by atoms with Crippen molar-refractivity contribution in [2.75, 3.05) is 31.1 Å². The molecule has 1 aromatic carbocycles. The average molecular weight is 551 g/mol. The van der Waals surface area contributed by atoms with E-state index in [1.54, 1.807) is 32.7 Å². The average Bonchev–Trinajstić information content (AvgIpc) is 3.63. The number of hydrogen-bond acceptors (Lipinski definition) is 10. The molecule has 0 spiro atoms. The van der Waals surface area contributed by atoms with Crippen molar-refractivity contribution >= 4 is 23.1 Å². The Kier molecular flexibility index (Phi) is 6.44. The van der Waals surface area contributed by atoms with E-state index in [0.29, 0.717) is 48.6 Å². The molecule has 204 valence electrons. The van der Waals surface area contributed by atoms with Crippen LogP contribution in [0.3, 0.4) is 0 Å². The van der Waals surface area contributed by atoms with Crippen LogP contribution >= 0.6 is 0 Å². The van der Waals surface area contributed by atoms with Crippen LogP contribution in [0.4, 0.5) is 16.3 Å². The van der Waals surface area contributed by atoms with Crippen LogP contribution < -0.4 is 9.64 Å². The van der Waals surface area contributed by atoms with Gasteiger partial charge in [-0.05, 0) is 24.3 Å². The zero-order valence-corrected chi connectivity index (χ0v) is 21.8.